The van der Waals surface area contributed by atoms with Crippen LogP contribution in [0.25, 0.3) is 0 Å². The van der Waals surface area contributed by atoms with E-state index in [1.54, 1.807) is 62.4 Å². The summed E-state index contributed by atoms with van der Waals surface area (Å²) in [6.07, 6.45) is -1.78. The van der Waals surface area contributed by atoms with Crippen LogP contribution in [0.5, 0.6) is 0 Å². The molecule has 2 aromatic carbocycles. The minimum absolute atomic E-state index is 0.162. The van der Waals surface area contributed by atoms with Crippen LogP contribution in [0.15, 0.2) is 71.1 Å². The molecule has 0 aliphatic carbocycles. The summed E-state index contributed by atoms with van der Waals surface area (Å²) in [6.45, 7) is 5.74. The van der Waals surface area contributed by atoms with Crippen LogP contribution in [0, 0.1) is 5.92 Å². The van der Waals surface area contributed by atoms with Crippen molar-refractivity contribution in [3.05, 3.63) is 82.2 Å². The number of nitrogens with one attached hydrogen (secondary N) is 4. The van der Waals surface area contributed by atoms with Crippen LogP contribution in [-0.2, 0) is 45.2 Å². The van der Waals surface area contributed by atoms with Gasteiger partial charge in [0.2, 0.25) is 17.7 Å². The van der Waals surface area contributed by atoms with Crippen molar-refractivity contribution in [2.45, 2.75) is 76.6 Å². The smallest absolute Gasteiger partial charge is 0.408 e. The van der Waals surface area contributed by atoms with Crippen molar-refractivity contribution in [1.82, 2.24) is 21.3 Å². The van der Waals surface area contributed by atoms with Crippen LogP contribution in [0.3, 0.4) is 0 Å². The zero-order valence-corrected chi connectivity index (χ0v) is 29.4. The molecule has 0 aromatic heterocycles. The lowest BCUT2D eigenvalue weighted by molar-refractivity contribution is -0.140. The highest BCUT2D eigenvalue weighted by atomic mass is 35.5. The molecule has 17 heteroatoms. The number of sulfone groups is 1. The average molecular weight is 737 g/mol. The molecule has 2 rings (SSSR count). The number of carbonyl (C=O) groups excluding carboxylic acids is 4. The first-order valence-electron chi connectivity index (χ1n) is 15.4. The number of carboxylic acids is 2. The average Bonchev–Trinajstić information content (AvgIpc) is 3.04. The van der Waals surface area contributed by atoms with Crippen molar-refractivity contribution < 1.29 is 52.1 Å². The Morgan fingerprint density at radius 1 is 0.760 bits per heavy atom. The normalized spacial score (nSPS) is 14.1. The second kappa shape index (κ2) is 19.3. The maximum Gasteiger partial charge on any atom is 0.408 e. The van der Waals surface area contributed by atoms with Gasteiger partial charge < -0.3 is 36.2 Å². The van der Waals surface area contributed by atoms with Crippen molar-refractivity contribution in [2.24, 2.45) is 5.92 Å². The highest BCUT2D eigenvalue weighted by Crippen LogP contribution is 2.20. The molecule has 6 N–H and O–H groups in total. The predicted molar refractivity (Wildman–Crippen MR) is 182 cm³/mol. The fourth-order valence-electron chi connectivity index (χ4n) is 4.34. The van der Waals surface area contributed by atoms with Crippen LogP contribution >= 0.6 is 11.6 Å². The zero-order valence-electron chi connectivity index (χ0n) is 27.8. The number of carboxylic acid groups (broad SMARTS) is 2. The largest absolute Gasteiger partial charge is 0.481 e. The number of rotatable bonds is 18. The van der Waals surface area contributed by atoms with Crippen LogP contribution in [-0.4, -0.2) is 77.8 Å². The van der Waals surface area contributed by atoms with E-state index < -0.39 is 98.1 Å². The van der Waals surface area contributed by atoms with E-state index in [4.69, 9.17) is 16.3 Å². The number of alkyl carbamates (subject to hydrolysis) is 1. The van der Waals surface area contributed by atoms with Gasteiger partial charge in [0.1, 0.15) is 29.1 Å². The van der Waals surface area contributed by atoms with Crippen molar-refractivity contribution in [3.63, 3.8) is 0 Å². The first-order chi connectivity index (χ1) is 23.4. The topological polar surface area (TPSA) is 234 Å². The third kappa shape index (κ3) is 13.2. The molecule has 0 radical (unpaired) electrons. The standard InChI is InChI=1S/C33H41ClN4O11S/c1-19(2)28(31(44)35-23(16-26(39)40)15-25(34)50(47,48)20(3)4)37-32(45)29(22-13-9-6-10-14-22)38-30(43)24(17-27(41)42)36-33(46)49-18-21-11-7-5-8-12-21/h5-15,19-20,23-24,28-29H,16-18H2,1-4H3,(H,35,44)(H,36,46)(H,37,45)(H,38,43)(H,39,40)(H,41,42)/b25-15+/t23-,24+,28+,29+/m1/s1. The molecule has 0 saturated carbocycles. The quantitative estimate of drug-likeness (QED) is 0.130. The molecule has 50 heavy (non-hydrogen) atoms. The Hall–Kier alpha value is -4.96. The fraction of sp³-hybridized carbons (Fsp3) is 0.394. The summed E-state index contributed by atoms with van der Waals surface area (Å²) in [5.74, 6) is -6.26. The number of hydrogen-bond acceptors (Lipinski definition) is 9. The molecule has 0 aliphatic rings. The zero-order chi connectivity index (χ0) is 37.6. The van der Waals surface area contributed by atoms with Crippen LogP contribution in [0.1, 0.15) is 57.7 Å². The second-order valence-corrected chi connectivity index (χ2v) is 14.8. The van der Waals surface area contributed by atoms with E-state index in [9.17, 15) is 47.4 Å². The number of ether oxygens (including phenoxy) is 1. The van der Waals surface area contributed by atoms with Gasteiger partial charge in [-0.1, -0.05) is 86.1 Å². The third-order valence-electron chi connectivity index (χ3n) is 7.08. The molecule has 15 nitrogen and oxygen atoms in total. The Bertz CT molecular complexity index is 1650. The molecule has 4 atom stereocenters. The van der Waals surface area contributed by atoms with Crippen molar-refractivity contribution >= 4 is 57.2 Å². The number of benzene rings is 2. The van der Waals surface area contributed by atoms with Gasteiger partial charge in [0.25, 0.3) is 0 Å². The number of halogens is 1. The number of carbonyl (C=O) groups is 6. The molecule has 0 spiro atoms. The van der Waals surface area contributed by atoms with Gasteiger partial charge in [0.05, 0.1) is 24.1 Å². The van der Waals surface area contributed by atoms with Crippen molar-refractivity contribution in [2.75, 3.05) is 0 Å². The van der Waals surface area contributed by atoms with Gasteiger partial charge in [-0.05, 0) is 37.0 Å². The van der Waals surface area contributed by atoms with Gasteiger partial charge in [0.15, 0.2) is 9.84 Å². The minimum atomic E-state index is -3.99. The molecule has 272 valence electrons. The van der Waals surface area contributed by atoms with Gasteiger partial charge in [-0.25, -0.2) is 13.2 Å². The van der Waals surface area contributed by atoms with E-state index >= 15 is 0 Å². The van der Waals surface area contributed by atoms with E-state index in [0.29, 0.717) is 5.56 Å². The van der Waals surface area contributed by atoms with E-state index in [-0.39, 0.29) is 12.2 Å². The Kier molecular flexibility index (Phi) is 15.9. The molecular formula is C33H41ClN4O11S. The summed E-state index contributed by atoms with van der Waals surface area (Å²) in [7, 11) is -3.99. The Morgan fingerprint density at radius 3 is 1.84 bits per heavy atom. The summed E-state index contributed by atoms with van der Waals surface area (Å²) in [6, 6.07) is 10.5. The van der Waals surface area contributed by atoms with Crippen molar-refractivity contribution in [1.29, 1.82) is 0 Å². The van der Waals surface area contributed by atoms with Crippen LogP contribution in [0.4, 0.5) is 4.79 Å². The Balaban J connectivity index is 2.31. The lowest BCUT2D eigenvalue weighted by Crippen LogP contribution is -2.56. The monoisotopic (exact) mass is 736 g/mol. The second-order valence-electron chi connectivity index (χ2n) is 11.7. The molecule has 4 amide bonds. The Labute approximate surface area is 294 Å². The molecule has 0 fully saturated rings. The first kappa shape index (κ1) is 41.2. The summed E-state index contributed by atoms with van der Waals surface area (Å²) < 4.78 is 29.4. The molecule has 2 aromatic rings. The SMILES string of the molecule is CC(C)[C@H](NC(=O)[C@@H](NC(=O)[C@H](CC(=O)O)NC(=O)OCc1ccccc1)c1ccccc1)C(=O)N[C@H](/C=C(\Cl)S(=O)(=O)C(C)C)CC(=O)O. The summed E-state index contributed by atoms with van der Waals surface area (Å²) in [4.78, 5) is 76.1. The number of aliphatic carboxylic acids is 2. The predicted octanol–water partition coefficient (Wildman–Crippen LogP) is 2.62. The summed E-state index contributed by atoms with van der Waals surface area (Å²) >= 11 is 6.00. The lowest BCUT2D eigenvalue weighted by atomic mass is 10.00. The van der Waals surface area contributed by atoms with E-state index in [1.165, 1.54) is 26.0 Å². The summed E-state index contributed by atoms with van der Waals surface area (Å²) in [5, 5.41) is 27.5. The maximum atomic E-state index is 13.7. The molecule has 0 aliphatic heterocycles. The molecule has 0 saturated heterocycles. The molecule has 0 unspecified atom stereocenters. The van der Waals surface area contributed by atoms with E-state index in [2.05, 4.69) is 21.3 Å². The van der Waals surface area contributed by atoms with Gasteiger partial charge in [-0.15, -0.1) is 0 Å². The fourth-order valence-corrected chi connectivity index (χ4v) is 5.83. The molecule has 0 bridgehead atoms. The summed E-state index contributed by atoms with van der Waals surface area (Å²) in [5.41, 5.74) is 0.875. The lowest BCUT2D eigenvalue weighted by Gasteiger charge is -2.27. The highest BCUT2D eigenvalue weighted by molar-refractivity contribution is 7.97. The first-order valence-corrected chi connectivity index (χ1v) is 17.3. The molecule has 0 heterocycles. The van der Waals surface area contributed by atoms with E-state index in [0.717, 1.165) is 6.08 Å². The van der Waals surface area contributed by atoms with Gasteiger partial charge in [-0.3, -0.25) is 24.0 Å². The highest BCUT2D eigenvalue weighted by Gasteiger charge is 2.34. The van der Waals surface area contributed by atoms with Gasteiger partial charge in [0, 0.05) is 0 Å². The van der Waals surface area contributed by atoms with Crippen LogP contribution < -0.4 is 21.3 Å². The van der Waals surface area contributed by atoms with Crippen LogP contribution in [0.2, 0.25) is 0 Å². The third-order valence-corrected chi connectivity index (χ3v) is 9.77. The van der Waals surface area contributed by atoms with Gasteiger partial charge >= 0.3 is 18.0 Å². The number of amides is 4. The Morgan fingerprint density at radius 2 is 1.32 bits per heavy atom. The maximum absolute atomic E-state index is 13.7. The van der Waals surface area contributed by atoms with E-state index in [1.807, 2.05) is 0 Å². The van der Waals surface area contributed by atoms with Gasteiger partial charge in [-0.2, -0.15) is 0 Å². The minimum Gasteiger partial charge on any atom is -0.481 e. The van der Waals surface area contributed by atoms with Crippen molar-refractivity contribution in [3.8, 4) is 0 Å². The molecular weight excluding hydrogens is 696 g/mol. The number of hydrogen-bond donors (Lipinski definition) is 6.